The van der Waals surface area contributed by atoms with E-state index in [2.05, 4.69) is 13.8 Å². The van der Waals surface area contributed by atoms with E-state index in [9.17, 15) is 9.59 Å². The summed E-state index contributed by atoms with van der Waals surface area (Å²) < 4.78 is 0. The quantitative estimate of drug-likeness (QED) is 0.421. The molecule has 0 saturated carbocycles. The predicted octanol–water partition coefficient (Wildman–Crippen LogP) is 3.14. The number of hydrogen-bond acceptors (Lipinski definition) is 2. The van der Waals surface area contributed by atoms with E-state index in [0.717, 1.165) is 44.7 Å². The van der Waals surface area contributed by atoms with Gasteiger partial charge < -0.3 is 9.59 Å². The van der Waals surface area contributed by atoms with Gasteiger partial charge in [0.05, 0.1) is 0 Å². The van der Waals surface area contributed by atoms with Crippen LogP contribution in [0.4, 0.5) is 0 Å². The first-order chi connectivity index (χ1) is 6.62. The summed E-state index contributed by atoms with van der Waals surface area (Å²) in [5.74, 6) is 0. The summed E-state index contributed by atoms with van der Waals surface area (Å²) in [5, 5.41) is 0. The minimum Gasteiger partial charge on any atom is -0.303 e. The third kappa shape index (κ3) is 7.96. The molecule has 2 heteroatoms. The van der Waals surface area contributed by atoms with E-state index in [0.29, 0.717) is 18.3 Å². The van der Waals surface area contributed by atoms with Gasteiger partial charge in [0.1, 0.15) is 12.6 Å². The molecule has 0 bridgehead atoms. The fraction of sp³-hybridized carbons (Fsp3) is 0.833. The van der Waals surface area contributed by atoms with Gasteiger partial charge in [0, 0.05) is 12.8 Å². The molecule has 0 atom stereocenters. The summed E-state index contributed by atoms with van der Waals surface area (Å²) in [5.41, 5.74) is 0.325. The van der Waals surface area contributed by atoms with Crippen LogP contribution in [0.1, 0.15) is 58.8 Å². The van der Waals surface area contributed by atoms with Crippen molar-refractivity contribution in [2.75, 3.05) is 0 Å². The van der Waals surface area contributed by atoms with Gasteiger partial charge in [0.2, 0.25) is 0 Å². The van der Waals surface area contributed by atoms with Gasteiger partial charge in [-0.15, -0.1) is 0 Å². The second-order valence-corrected chi connectivity index (χ2v) is 4.64. The summed E-state index contributed by atoms with van der Waals surface area (Å²) in [4.78, 5) is 20.3. The van der Waals surface area contributed by atoms with Crippen LogP contribution in [0.25, 0.3) is 0 Å². The zero-order valence-electron chi connectivity index (χ0n) is 9.42. The van der Waals surface area contributed by atoms with Crippen LogP contribution in [0, 0.1) is 5.41 Å². The number of aldehydes is 2. The van der Waals surface area contributed by atoms with Crippen molar-refractivity contribution in [2.45, 2.75) is 58.8 Å². The zero-order chi connectivity index (χ0) is 10.9. The molecule has 0 rings (SSSR count). The largest absolute Gasteiger partial charge is 0.303 e. The maximum absolute atomic E-state index is 10.2. The highest BCUT2D eigenvalue weighted by atomic mass is 16.1. The van der Waals surface area contributed by atoms with Gasteiger partial charge in [0.15, 0.2) is 0 Å². The average molecular weight is 198 g/mol. The predicted molar refractivity (Wildman–Crippen MR) is 58.2 cm³/mol. The van der Waals surface area contributed by atoms with Crippen molar-refractivity contribution in [1.29, 1.82) is 0 Å². The Kier molecular flexibility index (Phi) is 7.35. The number of hydrogen-bond donors (Lipinski definition) is 0. The van der Waals surface area contributed by atoms with Crippen molar-refractivity contribution in [1.82, 2.24) is 0 Å². The third-order valence-corrected chi connectivity index (χ3v) is 2.60. The van der Waals surface area contributed by atoms with E-state index < -0.39 is 0 Å². The number of rotatable bonds is 9. The van der Waals surface area contributed by atoms with Gasteiger partial charge in [-0.3, -0.25) is 0 Å². The molecular formula is C12H22O2. The highest BCUT2D eigenvalue weighted by Crippen LogP contribution is 2.29. The molecule has 0 N–H and O–H groups in total. The molecule has 0 aromatic rings. The van der Waals surface area contributed by atoms with Gasteiger partial charge in [-0.2, -0.15) is 0 Å². The molecular weight excluding hydrogens is 176 g/mol. The van der Waals surface area contributed by atoms with Crippen molar-refractivity contribution in [3.8, 4) is 0 Å². The fourth-order valence-electron chi connectivity index (χ4n) is 1.62. The van der Waals surface area contributed by atoms with Crippen LogP contribution in [-0.2, 0) is 9.59 Å². The van der Waals surface area contributed by atoms with Crippen LogP contribution in [0.3, 0.4) is 0 Å². The van der Waals surface area contributed by atoms with E-state index in [1.807, 2.05) is 0 Å². The molecule has 0 saturated heterocycles. The molecule has 0 aliphatic rings. The lowest BCUT2D eigenvalue weighted by Gasteiger charge is -2.23. The SMILES string of the molecule is CC(C)(CCCC=O)CCCCC=O. The van der Waals surface area contributed by atoms with Crippen LogP contribution in [-0.4, -0.2) is 12.6 Å². The molecule has 0 unspecified atom stereocenters. The van der Waals surface area contributed by atoms with Crippen molar-refractivity contribution < 1.29 is 9.59 Å². The van der Waals surface area contributed by atoms with Crippen LogP contribution in [0.15, 0.2) is 0 Å². The summed E-state index contributed by atoms with van der Waals surface area (Å²) in [6.45, 7) is 4.47. The lowest BCUT2D eigenvalue weighted by atomic mass is 9.82. The van der Waals surface area contributed by atoms with E-state index in [1.54, 1.807) is 0 Å². The van der Waals surface area contributed by atoms with Crippen molar-refractivity contribution in [3.63, 3.8) is 0 Å². The normalized spacial score (nSPS) is 11.3. The lowest BCUT2D eigenvalue weighted by Crippen LogP contribution is -2.11. The average Bonchev–Trinajstić information content (AvgIpc) is 2.13. The smallest absolute Gasteiger partial charge is 0.119 e. The monoisotopic (exact) mass is 198 g/mol. The molecule has 0 aromatic heterocycles. The number of unbranched alkanes of at least 4 members (excludes halogenated alkanes) is 3. The second-order valence-electron chi connectivity index (χ2n) is 4.64. The molecule has 0 radical (unpaired) electrons. The Morgan fingerprint density at radius 2 is 1.36 bits per heavy atom. The molecule has 0 aromatic carbocycles. The van der Waals surface area contributed by atoms with Gasteiger partial charge in [-0.1, -0.05) is 20.3 Å². The highest BCUT2D eigenvalue weighted by molar-refractivity contribution is 5.49. The highest BCUT2D eigenvalue weighted by Gasteiger charge is 2.16. The van der Waals surface area contributed by atoms with Gasteiger partial charge in [0.25, 0.3) is 0 Å². The van der Waals surface area contributed by atoms with E-state index in [4.69, 9.17) is 0 Å². The van der Waals surface area contributed by atoms with E-state index in [-0.39, 0.29) is 0 Å². The molecule has 0 spiro atoms. The lowest BCUT2D eigenvalue weighted by molar-refractivity contribution is -0.108. The molecule has 2 nitrogen and oxygen atoms in total. The van der Waals surface area contributed by atoms with Gasteiger partial charge in [-0.05, 0) is 31.1 Å². The topological polar surface area (TPSA) is 34.1 Å². The first-order valence-corrected chi connectivity index (χ1v) is 5.50. The Morgan fingerprint density at radius 1 is 0.857 bits per heavy atom. The Balaban J connectivity index is 3.49. The summed E-state index contributed by atoms with van der Waals surface area (Å²) >= 11 is 0. The summed E-state index contributed by atoms with van der Waals surface area (Å²) in [6, 6.07) is 0. The number of carbonyl (C=O) groups excluding carboxylic acids is 2. The Labute approximate surface area is 87.1 Å². The van der Waals surface area contributed by atoms with Crippen molar-refractivity contribution in [2.24, 2.45) is 5.41 Å². The Hall–Kier alpha value is -0.660. The minimum absolute atomic E-state index is 0.325. The molecule has 0 heterocycles. The summed E-state index contributed by atoms with van der Waals surface area (Å²) in [7, 11) is 0. The van der Waals surface area contributed by atoms with Crippen molar-refractivity contribution >= 4 is 12.6 Å². The van der Waals surface area contributed by atoms with Gasteiger partial charge in [-0.25, -0.2) is 0 Å². The maximum Gasteiger partial charge on any atom is 0.119 e. The minimum atomic E-state index is 0.325. The third-order valence-electron chi connectivity index (χ3n) is 2.60. The standard InChI is InChI=1S/C12H22O2/c1-12(2,9-5-7-11-14)8-4-3-6-10-13/h10-11H,3-9H2,1-2H3. The Morgan fingerprint density at radius 3 is 1.93 bits per heavy atom. The zero-order valence-corrected chi connectivity index (χ0v) is 9.42. The Bertz CT molecular complexity index is 162. The molecule has 0 amide bonds. The fourth-order valence-corrected chi connectivity index (χ4v) is 1.62. The van der Waals surface area contributed by atoms with Crippen LogP contribution < -0.4 is 0 Å². The molecule has 14 heavy (non-hydrogen) atoms. The molecule has 0 aliphatic carbocycles. The number of carbonyl (C=O) groups is 2. The molecule has 82 valence electrons. The molecule has 0 fully saturated rings. The first kappa shape index (κ1) is 13.3. The summed E-state index contributed by atoms with van der Waals surface area (Å²) in [6.07, 6.45) is 8.70. The van der Waals surface area contributed by atoms with Crippen LogP contribution in [0.2, 0.25) is 0 Å². The van der Waals surface area contributed by atoms with Gasteiger partial charge >= 0.3 is 0 Å². The van der Waals surface area contributed by atoms with Crippen LogP contribution >= 0.6 is 0 Å². The van der Waals surface area contributed by atoms with Crippen molar-refractivity contribution in [3.05, 3.63) is 0 Å². The molecule has 0 aliphatic heterocycles. The van der Waals surface area contributed by atoms with Crippen LogP contribution in [0.5, 0.6) is 0 Å². The van der Waals surface area contributed by atoms with E-state index >= 15 is 0 Å². The second kappa shape index (κ2) is 7.72. The van der Waals surface area contributed by atoms with E-state index in [1.165, 1.54) is 0 Å². The first-order valence-electron chi connectivity index (χ1n) is 5.50. The maximum atomic E-state index is 10.2.